The third-order valence-electron chi connectivity index (χ3n) is 2.42. The maximum Gasteiger partial charge on any atom is 0.256 e. The fraction of sp³-hybridized carbons (Fsp3) is 0.462. The van der Waals surface area contributed by atoms with Gasteiger partial charge in [-0.15, -0.1) is 0 Å². The van der Waals surface area contributed by atoms with Crippen molar-refractivity contribution in [2.24, 2.45) is 0 Å². The normalized spacial score (nSPS) is 11.1. The van der Waals surface area contributed by atoms with Crippen LogP contribution in [0, 0.1) is 0 Å². The molecule has 0 bridgehead atoms. The minimum absolute atomic E-state index is 0.779. The second-order valence-electron chi connectivity index (χ2n) is 3.90. The van der Waals surface area contributed by atoms with Gasteiger partial charge in [0.2, 0.25) is 0 Å². The van der Waals surface area contributed by atoms with E-state index < -0.39 is 0 Å². The fourth-order valence-electron chi connectivity index (χ4n) is 1.57. The van der Waals surface area contributed by atoms with Gasteiger partial charge in [0.25, 0.3) is 5.22 Å². The zero-order valence-electron chi connectivity index (χ0n) is 10.1. The van der Waals surface area contributed by atoms with E-state index >= 15 is 0 Å². The zero-order chi connectivity index (χ0) is 11.9. The van der Waals surface area contributed by atoms with E-state index in [9.17, 15) is 0 Å². The maximum atomic E-state index is 5.63. The van der Waals surface area contributed by atoms with Crippen LogP contribution in [0.15, 0.2) is 33.9 Å². The van der Waals surface area contributed by atoms with Crippen molar-refractivity contribution < 1.29 is 4.42 Å². The number of para-hydroxylation sites is 2. The van der Waals surface area contributed by atoms with Crippen molar-refractivity contribution >= 4 is 22.9 Å². The number of nitrogens with one attached hydrogen (secondary N) is 1. The summed E-state index contributed by atoms with van der Waals surface area (Å²) in [5.74, 6) is 1.05. The second-order valence-corrected chi connectivity index (χ2v) is 4.95. The number of oxazole rings is 1. The van der Waals surface area contributed by atoms with Crippen LogP contribution in [0.4, 0.5) is 0 Å². The molecule has 92 valence electrons. The summed E-state index contributed by atoms with van der Waals surface area (Å²) in [6.45, 7) is 4.36. The predicted molar refractivity (Wildman–Crippen MR) is 72.5 cm³/mol. The lowest BCUT2D eigenvalue weighted by molar-refractivity contribution is 0.489. The van der Waals surface area contributed by atoms with Crippen LogP contribution in [-0.2, 0) is 0 Å². The van der Waals surface area contributed by atoms with Gasteiger partial charge < -0.3 is 9.73 Å². The largest absolute Gasteiger partial charge is 0.431 e. The van der Waals surface area contributed by atoms with Gasteiger partial charge in [-0.05, 0) is 38.1 Å². The molecule has 0 atom stereocenters. The average molecular weight is 250 g/mol. The number of hydrogen-bond donors (Lipinski definition) is 1. The van der Waals surface area contributed by atoms with Gasteiger partial charge in [-0.2, -0.15) is 0 Å². The average Bonchev–Trinajstić information content (AvgIpc) is 2.76. The Morgan fingerprint density at radius 1 is 1.29 bits per heavy atom. The molecule has 0 radical (unpaired) electrons. The number of fused-ring (bicyclic) bond motifs is 1. The molecule has 1 heterocycles. The predicted octanol–water partition coefficient (Wildman–Crippen LogP) is 3.31. The highest BCUT2D eigenvalue weighted by Gasteiger charge is 2.04. The van der Waals surface area contributed by atoms with E-state index in [0.717, 1.165) is 41.6 Å². The standard InChI is InChI=1S/C13H18N2OS/c1-2-8-14-9-5-10-17-13-15-11-6-3-4-7-12(11)16-13/h3-4,6-7,14H,2,5,8-10H2,1H3. The molecule has 2 aromatic rings. The van der Waals surface area contributed by atoms with Crippen molar-refractivity contribution in [1.29, 1.82) is 0 Å². The molecule has 3 nitrogen and oxygen atoms in total. The lowest BCUT2D eigenvalue weighted by atomic mass is 10.3. The fourth-order valence-corrected chi connectivity index (χ4v) is 2.35. The lowest BCUT2D eigenvalue weighted by Crippen LogP contribution is -2.16. The van der Waals surface area contributed by atoms with E-state index in [4.69, 9.17) is 4.42 Å². The molecule has 4 heteroatoms. The molecule has 0 aliphatic rings. The van der Waals surface area contributed by atoms with Crippen molar-refractivity contribution in [2.45, 2.75) is 25.0 Å². The molecule has 0 unspecified atom stereocenters. The molecule has 1 N–H and O–H groups in total. The number of nitrogens with zero attached hydrogens (tertiary/aromatic N) is 1. The Kier molecular flexibility index (Phi) is 4.88. The van der Waals surface area contributed by atoms with Crippen molar-refractivity contribution in [3.8, 4) is 0 Å². The molecule has 0 saturated heterocycles. The summed E-state index contributed by atoms with van der Waals surface area (Å²) in [6.07, 6.45) is 2.33. The maximum absolute atomic E-state index is 5.63. The molecule has 0 aliphatic heterocycles. The van der Waals surface area contributed by atoms with Crippen molar-refractivity contribution in [3.63, 3.8) is 0 Å². The van der Waals surface area contributed by atoms with Gasteiger partial charge >= 0.3 is 0 Å². The molecule has 17 heavy (non-hydrogen) atoms. The van der Waals surface area contributed by atoms with Crippen LogP contribution in [0.5, 0.6) is 0 Å². The van der Waals surface area contributed by atoms with Gasteiger partial charge in [0.15, 0.2) is 5.58 Å². The van der Waals surface area contributed by atoms with E-state index in [1.165, 1.54) is 6.42 Å². The third kappa shape index (κ3) is 3.75. The van der Waals surface area contributed by atoms with Gasteiger partial charge in [0, 0.05) is 5.75 Å². The van der Waals surface area contributed by atoms with E-state index in [-0.39, 0.29) is 0 Å². The van der Waals surface area contributed by atoms with Crippen molar-refractivity contribution in [2.75, 3.05) is 18.8 Å². The molecule has 0 saturated carbocycles. The van der Waals surface area contributed by atoms with Gasteiger partial charge in [-0.1, -0.05) is 30.8 Å². The summed E-state index contributed by atoms with van der Waals surface area (Å²) >= 11 is 1.69. The van der Waals surface area contributed by atoms with Gasteiger partial charge in [0.1, 0.15) is 5.52 Å². The Hall–Kier alpha value is -1.00. The summed E-state index contributed by atoms with van der Waals surface area (Å²) in [4.78, 5) is 4.42. The quantitative estimate of drug-likeness (QED) is 0.604. The van der Waals surface area contributed by atoms with Crippen LogP contribution < -0.4 is 5.32 Å². The Morgan fingerprint density at radius 3 is 3.00 bits per heavy atom. The van der Waals surface area contributed by atoms with E-state index in [1.807, 2.05) is 24.3 Å². The number of thioether (sulfide) groups is 1. The molecule has 1 aromatic carbocycles. The van der Waals surface area contributed by atoms with E-state index in [2.05, 4.69) is 17.2 Å². The van der Waals surface area contributed by atoms with E-state index in [1.54, 1.807) is 11.8 Å². The Labute approximate surface area is 106 Å². The molecular weight excluding hydrogens is 232 g/mol. The highest BCUT2D eigenvalue weighted by Crippen LogP contribution is 2.23. The van der Waals surface area contributed by atoms with Crippen LogP contribution in [0.25, 0.3) is 11.1 Å². The Morgan fingerprint density at radius 2 is 2.18 bits per heavy atom. The molecule has 0 fully saturated rings. The van der Waals surface area contributed by atoms with Crippen molar-refractivity contribution in [1.82, 2.24) is 10.3 Å². The Balaban J connectivity index is 1.75. The number of aromatic nitrogens is 1. The summed E-state index contributed by atoms with van der Waals surface area (Å²) in [7, 11) is 0. The Bertz CT molecular complexity index is 422. The van der Waals surface area contributed by atoms with Crippen LogP contribution in [0.3, 0.4) is 0 Å². The summed E-state index contributed by atoms with van der Waals surface area (Å²) in [6, 6.07) is 7.88. The topological polar surface area (TPSA) is 38.1 Å². The SMILES string of the molecule is CCCNCCCSc1nc2ccccc2o1. The first kappa shape index (κ1) is 12.5. The molecule has 1 aromatic heterocycles. The molecule has 0 amide bonds. The smallest absolute Gasteiger partial charge is 0.256 e. The molecule has 0 spiro atoms. The second kappa shape index (κ2) is 6.67. The highest BCUT2D eigenvalue weighted by molar-refractivity contribution is 7.99. The first-order valence-electron chi connectivity index (χ1n) is 6.09. The summed E-state index contributed by atoms with van der Waals surface area (Å²) in [5.41, 5.74) is 1.82. The van der Waals surface area contributed by atoms with E-state index in [0.29, 0.717) is 0 Å². The monoisotopic (exact) mass is 250 g/mol. The minimum Gasteiger partial charge on any atom is -0.431 e. The lowest BCUT2D eigenvalue weighted by Gasteiger charge is -2.00. The van der Waals surface area contributed by atoms with Crippen LogP contribution in [-0.4, -0.2) is 23.8 Å². The van der Waals surface area contributed by atoms with Crippen molar-refractivity contribution in [3.05, 3.63) is 24.3 Å². The first-order valence-corrected chi connectivity index (χ1v) is 7.08. The molecule has 0 aliphatic carbocycles. The third-order valence-corrected chi connectivity index (χ3v) is 3.34. The van der Waals surface area contributed by atoms with Crippen LogP contribution in [0.2, 0.25) is 0 Å². The van der Waals surface area contributed by atoms with Gasteiger partial charge in [0.05, 0.1) is 0 Å². The van der Waals surface area contributed by atoms with Gasteiger partial charge in [-0.25, -0.2) is 4.98 Å². The zero-order valence-corrected chi connectivity index (χ0v) is 10.9. The molecule has 2 rings (SSSR count). The summed E-state index contributed by atoms with van der Waals surface area (Å²) in [5, 5.41) is 4.16. The van der Waals surface area contributed by atoms with Crippen LogP contribution >= 0.6 is 11.8 Å². The van der Waals surface area contributed by atoms with Crippen LogP contribution in [0.1, 0.15) is 19.8 Å². The van der Waals surface area contributed by atoms with Gasteiger partial charge in [-0.3, -0.25) is 0 Å². The number of rotatable bonds is 7. The first-order chi connectivity index (χ1) is 8.40. The molecular formula is C13H18N2OS. The highest BCUT2D eigenvalue weighted by atomic mass is 32.2. The number of benzene rings is 1. The summed E-state index contributed by atoms with van der Waals surface area (Å²) < 4.78 is 5.63. The minimum atomic E-state index is 0.779. The number of hydrogen-bond acceptors (Lipinski definition) is 4.